The van der Waals surface area contributed by atoms with Crippen molar-refractivity contribution in [3.63, 3.8) is 0 Å². The van der Waals surface area contributed by atoms with Crippen LogP contribution in [0.25, 0.3) is 0 Å². The fraction of sp³-hybridized carbons (Fsp3) is 0.333. The van der Waals surface area contributed by atoms with Crippen molar-refractivity contribution in [3.8, 4) is 0 Å². The fourth-order valence-electron chi connectivity index (χ4n) is 3.34. The molecule has 1 aliphatic rings. The van der Waals surface area contributed by atoms with Crippen molar-refractivity contribution in [1.82, 2.24) is 4.90 Å². The van der Waals surface area contributed by atoms with E-state index in [1.807, 2.05) is 25.1 Å². The number of carbonyl (C=O) groups is 2. The Morgan fingerprint density at radius 1 is 1.14 bits per heavy atom. The number of hydrogen-bond acceptors (Lipinski definition) is 2. The van der Waals surface area contributed by atoms with Crippen molar-refractivity contribution in [2.24, 2.45) is 5.92 Å². The van der Waals surface area contributed by atoms with Crippen LogP contribution in [0, 0.1) is 23.4 Å². The molecule has 2 amide bonds. The third kappa shape index (κ3) is 4.72. The lowest BCUT2D eigenvalue weighted by atomic mass is 10.1. The summed E-state index contributed by atoms with van der Waals surface area (Å²) in [5.41, 5.74) is 0.426. The van der Waals surface area contributed by atoms with Crippen LogP contribution in [0.4, 0.5) is 18.9 Å². The molecule has 0 heterocycles. The van der Waals surface area contributed by atoms with E-state index in [9.17, 15) is 22.8 Å². The third-order valence-electron chi connectivity index (χ3n) is 4.86. The summed E-state index contributed by atoms with van der Waals surface area (Å²) in [6, 6.07) is 8.98. The maximum atomic E-state index is 13.8. The van der Waals surface area contributed by atoms with Gasteiger partial charge in [0, 0.05) is 17.5 Å². The topological polar surface area (TPSA) is 49.4 Å². The summed E-state index contributed by atoms with van der Waals surface area (Å²) in [4.78, 5) is 26.6. The van der Waals surface area contributed by atoms with Crippen molar-refractivity contribution in [3.05, 3.63) is 64.4 Å². The Bertz CT molecular complexity index is 938. The maximum Gasteiger partial charge on any atom is 0.244 e. The van der Waals surface area contributed by atoms with Gasteiger partial charge in [0.05, 0.1) is 12.2 Å². The Hall–Kier alpha value is -2.54. The molecule has 4 nitrogen and oxygen atoms in total. The minimum absolute atomic E-state index is 0.00209. The molecule has 8 heteroatoms. The first-order chi connectivity index (χ1) is 13.8. The standard InChI is InChI=1S/C21H20ClF3N2O2/c1-2-9-27(11-18(28)26-17-8-7-16(23)19(24)20(17)25)21(29)14-10-13(14)12-5-3-4-6-15(12)22/h3-8,13-14H,2,9-11H2,1H3,(H,26,28). The number of amides is 2. The lowest BCUT2D eigenvalue weighted by Crippen LogP contribution is -2.39. The molecule has 2 aromatic rings. The van der Waals surface area contributed by atoms with Gasteiger partial charge >= 0.3 is 0 Å². The predicted octanol–water partition coefficient (Wildman–Crippen LogP) is 4.74. The van der Waals surface area contributed by atoms with Crippen LogP contribution in [0.2, 0.25) is 5.02 Å². The molecule has 154 valence electrons. The summed E-state index contributed by atoms with van der Waals surface area (Å²) in [6.07, 6.45) is 1.27. The fourth-order valence-corrected chi connectivity index (χ4v) is 3.62. The predicted molar refractivity (Wildman–Crippen MR) is 104 cm³/mol. The van der Waals surface area contributed by atoms with E-state index >= 15 is 0 Å². The number of rotatable bonds is 7. The summed E-state index contributed by atoms with van der Waals surface area (Å²) < 4.78 is 40.1. The molecular weight excluding hydrogens is 405 g/mol. The first-order valence-corrected chi connectivity index (χ1v) is 9.67. The van der Waals surface area contributed by atoms with Crippen LogP contribution < -0.4 is 5.32 Å². The third-order valence-corrected chi connectivity index (χ3v) is 5.21. The molecule has 1 saturated carbocycles. The Morgan fingerprint density at radius 3 is 2.55 bits per heavy atom. The Balaban J connectivity index is 1.66. The molecule has 0 aliphatic heterocycles. The smallest absolute Gasteiger partial charge is 0.244 e. The van der Waals surface area contributed by atoms with E-state index in [1.165, 1.54) is 4.90 Å². The molecule has 0 saturated heterocycles. The van der Waals surface area contributed by atoms with Crippen molar-refractivity contribution >= 4 is 29.1 Å². The second-order valence-electron chi connectivity index (χ2n) is 7.00. The van der Waals surface area contributed by atoms with Crippen LogP contribution in [0.5, 0.6) is 0 Å². The van der Waals surface area contributed by atoms with Gasteiger partial charge in [-0.25, -0.2) is 13.2 Å². The van der Waals surface area contributed by atoms with E-state index in [-0.39, 0.29) is 24.3 Å². The highest BCUT2D eigenvalue weighted by molar-refractivity contribution is 6.31. The average Bonchev–Trinajstić information content (AvgIpc) is 3.48. The minimum Gasteiger partial charge on any atom is -0.333 e. The zero-order chi connectivity index (χ0) is 21.1. The van der Waals surface area contributed by atoms with Crippen molar-refractivity contribution < 1.29 is 22.8 Å². The molecule has 0 aromatic heterocycles. The van der Waals surface area contributed by atoms with Crippen molar-refractivity contribution in [1.29, 1.82) is 0 Å². The summed E-state index contributed by atoms with van der Waals surface area (Å²) >= 11 is 6.20. The van der Waals surface area contributed by atoms with Gasteiger partial charge in [0.1, 0.15) is 0 Å². The molecule has 2 aromatic carbocycles. The average molecular weight is 425 g/mol. The molecule has 0 radical (unpaired) electrons. The molecule has 3 rings (SSSR count). The van der Waals surface area contributed by atoms with E-state index in [4.69, 9.17) is 11.6 Å². The van der Waals surface area contributed by atoms with E-state index in [1.54, 1.807) is 6.07 Å². The lowest BCUT2D eigenvalue weighted by molar-refractivity contribution is -0.136. The van der Waals surface area contributed by atoms with Crippen LogP contribution in [0.15, 0.2) is 36.4 Å². The first-order valence-electron chi connectivity index (χ1n) is 9.30. The number of benzene rings is 2. The number of carbonyl (C=O) groups excluding carboxylic acids is 2. The molecule has 29 heavy (non-hydrogen) atoms. The van der Waals surface area contributed by atoms with Gasteiger partial charge in [-0.15, -0.1) is 0 Å². The highest BCUT2D eigenvalue weighted by atomic mass is 35.5. The summed E-state index contributed by atoms with van der Waals surface area (Å²) in [7, 11) is 0. The Morgan fingerprint density at radius 2 is 1.86 bits per heavy atom. The number of anilines is 1. The highest BCUT2D eigenvalue weighted by Gasteiger charge is 2.46. The summed E-state index contributed by atoms with van der Waals surface area (Å²) in [5.74, 6) is -5.62. The molecule has 0 bridgehead atoms. The normalized spacial score (nSPS) is 17.7. The van der Waals surface area contributed by atoms with Gasteiger partial charge < -0.3 is 10.2 Å². The van der Waals surface area contributed by atoms with Gasteiger partial charge in [-0.1, -0.05) is 36.7 Å². The summed E-state index contributed by atoms with van der Waals surface area (Å²) in [6.45, 7) is 1.90. The molecule has 2 atom stereocenters. The number of hydrogen-bond donors (Lipinski definition) is 1. The second kappa shape index (κ2) is 8.86. The van der Waals surface area contributed by atoms with Crippen LogP contribution in [-0.4, -0.2) is 29.8 Å². The molecule has 1 aliphatic carbocycles. The van der Waals surface area contributed by atoms with Gasteiger partial charge in [0.2, 0.25) is 11.8 Å². The van der Waals surface area contributed by atoms with Crippen LogP contribution >= 0.6 is 11.6 Å². The van der Waals surface area contributed by atoms with Gasteiger partial charge in [0.25, 0.3) is 0 Å². The second-order valence-corrected chi connectivity index (χ2v) is 7.41. The number of halogens is 4. The van der Waals surface area contributed by atoms with Crippen molar-refractivity contribution in [2.45, 2.75) is 25.7 Å². The number of nitrogens with one attached hydrogen (secondary N) is 1. The highest BCUT2D eigenvalue weighted by Crippen LogP contribution is 2.50. The Kier molecular flexibility index (Phi) is 6.47. The Labute approximate surface area is 171 Å². The molecule has 0 spiro atoms. The van der Waals surface area contributed by atoms with Gasteiger partial charge in [-0.05, 0) is 42.5 Å². The summed E-state index contributed by atoms with van der Waals surface area (Å²) in [5, 5.41) is 2.80. The zero-order valence-electron chi connectivity index (χ0n) is 15.7. The maximum absolute atomic E-state index is 13.8. The van der Waals surface area contributed by atoms with E-state index in [0.29, 0.717) is 24.4 Å². The van der Waals surface area contributed by atoms with Crippen molar-refractivity contribution in [2.75, 3.05) is 18.4 Å². The monoisotopic (exact) mass is 424 g/mol. The lowest BCUT2D eigenvalue weighted by Gasteiger charge is -2.22. The zero-order valence-corrected chi connectivity index (χ0v) is 16.5. The van der Waals surface area contributed by atoms with E-state index < -0.39 is 29.0 Å². The SMILES string of the molecule is CCCN(CC(=O)Nc1ccc(F)c(F)c1F)C(=O)C1CC1c1ccccc1Cl. The number of nitrogens with zero attached hydrogens (tertiary/aromatic N) is 1. The molecular formula is C21H20ClF3N2O2. The van der Waals surface area contributed by atoms with E-state index in [0.717, 1.165) is 17.7 Å². The van der Waals surface area contributed by atoms with Gasteiger partial charge in [-0.2, -0.15) is 0 Å². The minimum atomic E-state index is -1.66. The van der Waals surface area contributed by atoms with Gasteiger partial charge in [0.15, 0.2) is 17.5 Å². The molecule has 1 fully saturated rings. The largest absolute Gasteiger partial charge is 0.333 e. The van der Waals surface area contributed by atoms with Crippen LogP contribution in [-0.2, 0) is 9.59 Å². The molecule has 2 unspecified atom stereocenters. The first kappa shape index (κ1) is 21.2. The van der Waals surface area contributed by atoms with Gasteiger partial charge in [-0.3, -0.25) is 9.59 Å². The van der Waals surface area contributed by atoms with Crippen LogP contribution in [0.3, 0.4) is 0 Å². The molecule has 1 N–H and O–H groups in total. The van der Waals surface area contributed by atoms with Crippen LogP contribution in [0.1, 0.15) is 31.2 Å². The van der Waals surface area contributed by atoms with E-state index in [2.05, 4.69) is 5.32 Å². The quantitative estimate of drug-likeness (QED) is 0.653.